The zero-order chi connectivity index (χ0) is 13.1. The molecule has 2 rings (SSSR count). The SMILES string of the molecule is CC(C)C1SC(=NCc2ccccc2F)NC1=O. The van der Waals surface area contributed by atoms with Crippen molar-refractivity contribution in [3.63, 3.8) is 0 Å². The van der Waals surface area contributed by atoms with E-state index in [1.54, 1.807) is 18.2 Å². The first kappa shape index (κ1) is 13.1. The molecule has 0 aromatic heterocycles. The number of carbonyl (C=O) groups is 1. The summed E-state index contributed by atoms with van der Waals surface area (Å²) < 4.78 is 13.4. The van der Waals surface area contributed by atoms with Gasteiger partial charge in [0, 0.05) is 5.56 Å². The van der Waals surface area contributed by atoms with Crippen molar-refractivity contribution in [2.24, 2.45) is 10.9 Å². The van der Waals surface area contributed by atoms with Crippen LogP contribution in [0.15, 0.2) is 29.3 Å². The van der Waals surface area contributed by atoms with Gasteiger partial charge < -0.3 is 5.32 Å². The molecule has 1 amide bonds. The third-order valence-electron chi connectivity index (χ3n) is 2.68. The second kappa shape index (κ2) is 5.52. The Morgan fingerprint density at radius 3 is 2.78 bits per heavy atom. The van der Waals surface area contributed by atoms with Gasteiger partial charge in [-0.15, -0.1) is 0 Å². The number of hydrogen-bond acceptors (Lipinski definition) is 3. The van der Waals surface area contributed by atoms with Crippen LogP contribution in [-0.2, 0) is 11.3 Å². The molecule has 1 unspecified atom stereocenters. The van der Waals surface area contributed by atoms with Crippen molar-refractivity contribution >= 4 is 22.8 Å². The first-order valence-corrected chi connectivity index (χ1v) is 6.71. The molecule has 0 spiro atoms. The van der Waals surface area contributed by atoms with Gasteiger partial charge in [0.15, 0.2) is 5.17 Å². The lowest BCUT2D eigenvalue weighted by Crippen LogP contribution is -2.27. The van der Waals surface area contributed by atoms with Crippen LogP contribution in [0.5, 0.6) is 0 Å². The molecule has 1 saturated heterocycles. The summed E-state index contributed by atoms with van der Waals surface area (Å²) in [5, 5.41) is 3.22. The third kappa shape index (κ3) is 2.90. The predicted octanol–water partition coefficient (Wildman–Crippen LogP) is 2.57. The third-order valence-corrected chi connectivity index (χ3v) is 4.15. The quantitative estimate of drug-likeness (QED) is 0.913. The van der Waals surface area contributed by atoms with Gasteiger partial charge >= 0.3 is 0 Å². The Morgan fingerprint density at radius 2 is 2.17 bits per heavy atom. The number of rotatable bonds is 3. The first-order chi connectivity index (χ1) is 8.58. The van der Waals surface area contributed by atoms with Crippen molar-refractivity contribution in [3.05, 3.63) is 35.6 Å². The van der Waals surface area contributed by atoms with Crippen molar-refractivity contribution < 1.29 is 9.18 Å². The number of thioether (sulfide) groups is 1. The number of carbonyl (C=O) groups excluding carboxylic acids is 1. The van der Waals surface area contributed by atoms with Crippen molar-refractivity contribution in [3.8, 4) is 0 Å². The van der Waals surface area contributed by atoms with Gasteiger partial charge in [-0.1, -0.05) is 43.8 Å². The molecule has 1 aliphatic heterocycles. The Labute approximate surface area is 110 Å². The lowest BCUT2D eigenvalue weighted by Gasteiger charge is -2.07. The fourth-order valence-electron chi connectivity index (χ4n) is 1.68. The summed E-state index contributed by atoms with van der Waals surface area (Å²) in [7, 11) is 0. The molecule has 0 radical (unpaired) electrons. The van der Waals surface area contributed by atoms with E-state index in [9.17, 15) is 9.18 Å². The van der Waals surface area contributed by atoms with Gasteiger partial charge in [0.1, 0.15) is 5.82 Å². The molecule has 1 aromatic rings. The fraction of sp³-hybridized carbons (Fsp3) is 0.385. The molecule has 3 nitrogen and oxygen atoms in total. The molecular weight excluding hydrogens is 251 g/mol. The summed E-state index contributed by atoms with van der Waals surface area (Å²) in [6.07, 6.45) is 0. The standard InChI is InChI=1S/C13H15FN2OS/c1-8(2)11-12(17)16-13(18-11)15-7-9-5-3-4-6-10(9)14/h3-6,8,11H,7H2,1-2H3,(H,15,16,17). The van der Waals surface area contributed by atoms with Crippen LogP contribution >= 0.6 is 11.8 Å². The zero-order valence-electron chi connectivity index (χ0n) is 10.3. The Hall–Kier alpha value is -1.36. The maximum atomic E-state index is 13.4. The molecule has 0 aliphatic carbocycles. The van der Waals surface area contributed by atoms with Crippen LogP contribution in [0, 0.1) is 11.7 Å². The van der Waals surface area contributed by atoms with Gasteiger partial charge in [-0.2, -0.15) is 0 Å². The van der Waals surface area contributed by atoms with Gasteiger partial charge in [-0.3, -0.25) is 9.79 Å². The zero-order valence-corrected chi connectivity index (χ0v) is 11.1. The highest BCUT2D eigenvalue weighted by atomic mass is 32.2. The van der Waals surface area contributed by atoms with Crippen LogP contribution in [0.25, 0.3) is 0 Å². The fourth-order valence-corrected chi connectivity index (χ4v) is 2.66. The summed E-state index contributed by atoms with van der Waals surface area (Å²) in [6, 6.07) is 6.52. The van der Waals surface area contributed by atoms with Crippen molar-refractivity contribution in [2.45, 2.75) is 25.6 Å². The second-order valence-electron chi connectivity index (χ2n) is 4.48. The van der Waals surface area contributed by atoms with Crippen LogP contribution in [0.2, 0.25) is 0 Å². The molecule has 1 atom stereocenters. The van der Waals surface area contributed by atoms with Gasteiger partial charge in [-0.25, -0.2) is 4.39 Å². The number of benzene rings is 1. The number of hydrogen-bond donors (Lipinski definition) is 1. The van der Waals surface area contributed by atoms with Crippen molar-refractivity contribution in [2.75, 3.05) is 0 Å². The topological polar surface area (TPSA) is 41.5 Å². The molecule has 0 bridgehead atoms. The highest BCUT2D eigenvalue weighted by molar-refractivity contribution is 8.15. The van der Waals surface area contributed by atoms with E-state index in [1.165, 1.54) is 17.8 Å². The monoisotopic (exact) mass is 266 g/mol. The lowest BCUT2D eigenvalue weighted by molar-refractivity contribution is -0.119. The van der Waals surface area contributed by atoms with Crippen molar-refractivity contribution in [1.29, 1.82) is 0 Å². The number of aliphatic imine (C=N–C) groups is 1. The minimum absolute atomic E-state index is 0.0118. The molecule has 1 aliphatic rings. The first-order valence-electron chi connectivity index (χ1n) is 5.83. The van der Waals surface area contributed by atoms with Gasteiger partial charge in [0.25, 0.3) is 0 Å². The Bertz CT molecular complexity index is 488. The molecule has 0 saturated carbocycles. The van der Waals surface area contributed by atoms with E-state index in [2.05, 4.69) is 10.3 Å². The molecular formula is C13H15FN2OS. The second-order valence-corrected chi connectivity index (χ2v) is 5.61. The van der Waals surface area contributed by atoms with E-state index in [0.717, 1.165) is 0 Å². The Balaban J connectivity index is 2.04. The van der Waals surface area contributed by atoms with Crippen molar-refractivity contribution in [1.82, 2.24) is 5.32 Å². The van der Waals surface area contributed by atoms with E-state index < -0.39 is 0 Å². The average Bonchev–Trinajstić information content (AvgIpc) is 2.70. The molecule has 1 fully saturated rings. The molecule has 1 aromatic carbocycles. The minimum Gasteiger partial charge on any atom is -0.304 e. The number of nitrogens with zero attached hydrogens (tertiary/aromatic N) is 1. The summed E-state index contributed by atoms with van der Waals surface area (Å²) in [5.41, 5.74) is 0.535. The molecule has 1 N–H and O–H groups in total. The normalized spacial score (nSPS) is 21.7. The van der Waals surface area contributed by atoms with Crippen LogP contribution in [0.1, 0.15) is 19.4 Å². The van der Waals surface area contributed by atoms with Crippen LogP contribution in [-0.4, -0.2) is 16.3 Å². The molecule has 5 heteroatoms. The number of amides is 1. The predicted molar refractivity (Wildman–Crippen MR) is 71.9 cm³/mol. The highest BCUT2D eigenvalue weighted by Gasteiger charge is 2.32. The van der Waals surface area contributed by atoms with Gasteiger partial charge in [0.2, 0.25) is 5.91 Å². The summed E-state index contributed by atoms with van der Waals surface area (Å²) >= 11 is 1.42. The summed E-state index contributed by atoms with van der Waals surface area (Å²) in [4.78, 5) is 15.9. The van der Waals surface area contributed by atoms with Gasteiger partial charge in [-0.05, 0) is 12.0 Å². The van der Waals surface area contributed by atoms with E-state index in [1.807, 2.05) is 13.8 Å². The Kier molecular flexibility index (Phi) is 4.01. The Morgan fingerprint density at radius 1 is 1.44 bits per heavy atom. The van der Waals surface area contributed by atoms with Gasteiger partial charge in [0.05, 0.1) is 11.8 Å². The molecule has 96 valence electrons. The highest BCUT2D eigenvalue weighted by Crippen LogP contribution is 2.26. The average molecular weight is 266 g/mol. The number of amidine groups is 1. The number of nitrogens with one attached hydrogen (secondary N) is 1. The van der Waals surface area contributed by atoms with Crippen LogP contribution < -0.4 is 5.32 Å². The maximum absolute atomic E-state index is 13.4. The molecule has 18 heavy (non-hydrogen) atoms. The van der Waals surface area contributed by atoms with E-state index in [4.69, 9.17) is 0 Å². The van der Waals surface area contributed by atoms with Crippen LogP contribution in [0.3, 0.4) is 0 Å². The van der Waals surface area contributed by atoms with Crippen LogP contribution in [0.4, 0.5) is 4.39 Å². The summed E-state index contributed by atoms with van der Waals surface area (Å²) in [5.74, 6) is -0.0185. The largest absolute Gasteiger partial charge is 0.304 e. The van der Waals surface area contributed by atoms with E-state index in [-0.39, 0.29) is 29.4 Å². The number of halogens is 1. The van der Waals surface area contributed by atoms with E-state index >= 15 is 0 Å². The maximum Gasteiger partial charge on any atom is 0.239 e. The minimum atomic E-state index is -0.267. The van der Waals surface area contributed by atoms with E-state index in [0.29, 0.717) is 10.7 Å². The molecule has 1 heterocycles. The smallest absolute Gasteiger partial charge is 0.239 e. The summed E-state index contributed by atoms with van der Waals surface area (Å²) in [6.45, 7) is 4.24. The lowest BCUT2D eigenvalue weighted by atomic mass is 10.1.